The molecule has 4 rings (SSSR count). The number of aryl methyl sites for hydroxylation is 1. The normalized spacial score (nSPS) is 17.1. The third-order valence-corrected chi connectivity index (χ3v) is 5.82. The Morgan fingerprint density at radius 3 is 2.64 bits per heavy atom. The van der Waals surface area contributed by atoms with Gasteiger partial charge in [0.1, 0.15) is 5.75 Å². The topological polar surface area (TPSA) is 41.6 Å². The fraction of sp³-hybridized carbons (Fsp3) is 0.375. The monoisotopic (exact) mass is 376 g/mol. The van der Waals surface area contributed by atoms with Gasteiger partial charge in [0.05, 0.1) is 5.56 Å². The number of benzene rings is 2. The molecule has 0 saturated heterocycles. The second-order valence-corrected chi connectivity index (χ2v) is 7.78. The summed E-state index contributed by atoms with van der Waals surface area (Å²) in [5.41, 5.74) is 5.35. The summed E-state index contributed by atoms with van der Waals surface area (Å²) in [5.74, 6) is 0.853. The maximum Gasteiger partial charge on any atom is 0.260 e. The molecule has 1 saturated carbocycles. The quantitative estimate of drug-likeness (QED) is 0.773. The first-order valence-electron chi connectivity index (χ1n) is 10.2. The van der Waals surface area contributed by atoms with Crippen molar-refractivity contribution >= 4 is 11.6 Å². The highest BCUT2D eigenvalue weighted by molar-refractivity contribution is 5.98. The lowest BCUT2D eigenvalue weighted by Crippen LogP contribution is -2.44. The Balaban J connectivity index is 1.55. The van der Waals surface area contributed by atoms with E-state index in [0.29, 0.717) is 18.3 Å². The van der Waals surface area contributed by atoms with Gasteiger partial charge in [-0.25, -0.2) is 0 Å². The number of hydrogen-bond donors (Lipinski definition) is 1. The molecular weight excluding hydrogens is 348 g/mol. The molecule has 2 aromatic rings. The first-order valence-corrected chi connectivity index (χ1v) is 10.2. The highest BCUT2D eigenvalue weighted by atomic mass is 16.5. The smallest absolute Gasteiger partial charge is 0.260 e. The van der Waals surface area contributed by atoms with Crippen LogP contribution in [0.15, 0.2) is 48.7 Å². The lowest BCUT2D eigenvalue weighted by molar-refractivity contribution is 0.0391. The fourth-order valence-corrected chi connectivity index (χ4v) is 4.16. The van der Waals surface area contributed by atoms with Crippen LogP contribution in [0.25, 0.3) is 0 Å². The lowest BCUT2D eigenvalue weighted by Gasteiger charge is -2.33. The van der Waals surface area contributed by atoms with Gasteiger partial charge >= 0.3 is 0 Å². The van der Waals surface area contributed by atoms with Crippen LogP contribution >= 0.6 is 0 Å². The first-order chi connectivity index (χ1) is 13.7. The van der Waals surface area contributed by atoms with Crippen molar-refractivity contribution in [3.8, 4) is 5.75 Å². The van der Waals surface area contributed by atoms with Gasteiger partial charge in [-0.2, -0.15) is 0 Å². The Kier molecular flexibility index (Phi) is 5.38. The molecule has 1 N–H and O–H groups in total. The largest absolute Gasteiger partial charge is 0.472 e. The number of nitrogens with zero attached hydrogens (tertiary/aromatic N) is 1. The maximum absolute atomic E-state index is 13.1. The van der Waals surface area contributed by atoms with E-state index in [1.807, 2.05) is 36.2 Å². The molecule has 4 heteroatoms. The van der Waals surface area contributed by atoms with E-state index in [1.165, 1.54) is 24.0 Å². The molecule has 0 radical (unpaired) electrons. The number of carbonyl (C=O) groups is 1. The molecule has 0 unspecified atom stereocenters. The van der Waals surface area contributed by atoms with E-state index in [-0.39, 0.29) is 5.91 Å². The molecule has 1 heterocycles. The lowest BCUT2D eigenvalue weighted by atomic mass is 9.96. The van der Waals surface area contributed by atoms with E-state index in [4.69, 9.17) is 4.74 Å². The van der Waals surface area contributed by atoms with Gasteiger partial charge in [-0.3, -0.25) is 4.79 Å². The summed E-state index contributed by atoms with van der Waals surface area (Å²) < 4.78 is 5.95. The van der Waals surface area contributed by atoms with Crippen molar-refractivity contribution in [1.82, 2.24) is 4.90 Å². The second-order valence-electron chi connectivity index (χ2n) is 7.78. The fourth-order valence-electron chi connectivity index (χ4n) is 4.16. The summed E-state index contributed by atoms with van der Waals surface area (Å²) in [6.45, 7) is 4.46. The van der Waals surface area contributed by atoms with Crippen molar-refractivity contribution in [2.24, 2.45) is 0 Å². The van der Waals surface area contributed by atoms with Crippen LogP contribution in [-0.4, -0.2) is 23.6 Å². The molecule has 4 nitrogen and oxygen atoms in total. The second kappa shape index (κ2) is 8.09. The zero-order chi connectivity index (χ0) is 19.5. The summed E-state index contributed by atoms with van der Waals surface area (Å²) in [7, 11) is 0. The highest BCUT2D eigenvalue weighted by Gasteiger charge is 2.33. The predicted octanol–water partition coefficient (Wildman–Crippen LogP) is 5.27. The molecule has 0 bridgehead atoms. The number of ether oxygens (including phenoxy) is 1. The minimum Gasteiger partial charge on any atom is -0.472 e. The molecule has 2 aromatic carbocycles. The molecule has 1 aliphatic carbocycles. The number of allylic oxidation sites excluding steroid dienone is 1. The maximum atomic E-state index is 13.1. The number of rotatable bonds is 5. The number of fused-ring (bicyclic) bond motifs is 1. The Hall–Kier alpha value is -2.75. The Morgan fingerprint density at radius 1 is 1.18 bits per heavy atom. The third kappa shape index (κ3) is 3.77. The summed E-state index contributed by atoms with van der Waals surface area (Å²) in [6.07, 6.45) is 9.30. The number of nitrogens with one attached hydrogen (secondary N) is 1. The van der Waals surface area contributed by atoms with Crippen molar-refractivity contribution in [2.75, 3.05) is 12.0 Å². The van der Waals surface area contributed by atoms with E-state index >= 15 is 0 Å². The molecule has 0 spiro atoms. The van der Waals surface area contributed by atoms with Gasteiger partial charge in [-0.1, -0.05) is 31.1 Å². The van der Waals surface area contributed by atoms with Crippen molar-refractivity contribution in [3.63, 3.8) is 0 Å². The standard InChI is InChI=1S/C24H28N2O2/c1-3-12-25-20-10-8-18(9-11-20)14-19-15-22-23(13-17(19)2)28-16-26(24(22)27)21-6-4-5-7-21/h3,8-13,15,21,25H,4-7,14,16H2,1-2H3/b12-3-. The van der Waals surface area contributed by atoms with Crippen molar-refractivity contribution in [1.29, 1.82) is 0 Å². The summed E-state index contributed by atoms with van der Waals surface area (Å²) in [4.78, 5) is 15.0. The zero-order valence-corrected chi connectivity index (χ0v) is 16.7. The van der Waals surface area contributed by atoms with Gasteiger partial charge in [0.15, 0.2) is 6.73 Å². The molecule has 1 fully saturated rings. The van der Waals surface area contributed by atoms with E-state index < -0.39 is 0 Å². The van der Waals surface area contributed by atoms with Crippen LogP contribution in [0.5, 0.6) is 5.75 Å². The van der Waals surface area contributed by atoms with Crippen molar-refractivity contribution in [2.45, 2.75) is 52.0 Å². The molecule has 1 amide bonds. The van der Waals surface area contributed by atoms with E-state index in [9.17, 15) is 4.79 Å². The molecule has 1 aliphatic heterocycles. The minimum absolute atomic E-state index is 0.125. The first kappa shape index (κ1) is 18.6. The molecule has 146 valence electrons. The Morgan fingerprint density at radius 2 is 1.93 bits per heavy atom. The molecule has 0 atom stereocenters. The van der Waals surface area contributed by atoms with E-state index in [0.717, 1.165) is 36.3 Å². The van der Waals surface area contributed by atoms with Crippen LogP contribution in [-0.2, 0) is 6.42 Å². The minimum atomic E-state index is 0.125. The average Bonchev–Trinajstić information content (AvgIpc) is 3.23. The zero-order valence-electron chi connectivity index (χ0n) is 16.7. The van der Waals surface area contributed by atoms with Crippen LogP contribution in [0.1, 0.15) is 59.7 Å². The van der Waals surface area contributed by atoms with E-state index in [1.54, 1.807) is 0 Å². The third-order valence-electron chi connectivity index (χ3n) is 5.82. The van der Waals surface area contributed by atoms with Gasteiger partial charge in [0.2, 0.25) is 0 Å². The van der Waals surface area contributed by atoms with Crippen molar-refractivity contribution < 1.29 is 9.53 Å². The summed E-state index contributed by atoms with van der Waals surface area (Å²) in [5, 5.41) is 3.23. The van der Waals surface area contributed by atoms with Gasteiger partial charge in [0, 0.05) is 11.7 Å². The summed E-state index contributed by atoms with van der Waals surface area (Å²) in [6, 6.07) is 12.8. The van der Waals surface area contributed by atoms with E-state index in [2.05, 4.69) is 36.5 Å². The highest BCUT2D eigenvalue weighted by Crippen LogP contribution is 2.33. The summed E-state index contributed by atoms with van der Waals surface area (Å²) >= 11 is 0. The molecule has 2 aliphatic rings. The van der Waals surface area contributed by atoms with Gasteiger partial charge in [0.25, 0.3) is 5.91 Å². The number of anilines is 1. The van der Waals surface area contributed by atoms with Crippen LogP contribution in [0.2, 0.25) is 0 Å². The van der Waals surface area contributed by atoms with Crippen LogP contribution in [0.3, 0.4) is 0 Å². The number of hydrogen-bond acceptors (Lipinski definition) is 3. The van der Waals surface area contributed by atoms with Gasteiger partial charge < -0.3 is 15.0 Å². The Bertz CT molecular complexity index is 880. The molecular formula is C24H28N2O2. The van der Waals surface area contributed by atoms with Crippen LogP contribution in [0, 0.1) is 6.92 Å². The van der Waals surface area contributed by atoms with Crippen LogP contribution in [0.4, 0.5) is 5.69 Å². The predicted molar refractivity (Wildman–Crippen MR) is 113 cm³/mol. The van der Waals surface area contributed by atoms with Gasteiger partial charge in [-0.15, -0.1) is 0 Å². The van der Waals surface area contributed by atoms with Gasteiger partial charge in [-0.05, 0) is 80.3 Å². The van der Waals surface area contributed by atoms with Crippen LogP contribution < -0.4 is 10.1 Å². The number of carbonyl (C=O) groups excluding carboxylic acids is 1. The SMILES string of the molecule is C/C=C\Nc1ccc(Cc2cc3c(cc2C)OCN(C2CCCC2)C3=O)cc1. The Labute approximate surface area is 167 Å². The molecule has 0 aromatic heterocycles. The molecule has 28 heavy (non-hydrogen) atoms. The van der Waals surface area contributed by atoms with Crippen molar-refractivity contribution in [3.05, 3.63) is 70.9 Å². The number of amides is 1. The average molecular weight is 377 g/mol.